The smallest absolute Gasteiger partial charge is 0.237 e. The van der Waals surface area contributed by atoms with Crippen molar-refractivity contribution in [1.82, 2.24) is 0 Å². The molecule has 0 saturated carbocycles. The van der Waals surface area contributed by atoms with Gasteiger partial charge in [0.1, 0.15) is 0 Å². The maximum absolute atomic E-state index is 12.3. The molecule has 1 amide bonds. The van der Waals surface area contributed by atoms with E-state index in [1.165, 1.54) is 4.90 Å². The first-order chi connectivity index (χ1) is 9.18. The maximum Gasteiger partial charge on any atom is 0.237 e. The molecule has 0 spiro atoms. The predicted octanol–water partition coefficient (Wildman–Crippen LogP) is 2.60. The van der Waals surface area contributed by atoms with Crippen molar-refractivity contribution < 1.29 is 4.79 Å². The van der Waals surface area contributed by atoms with Crippen LogP contribution in [0.25, 0.3) is 0 Å². The van der Waals surface area contributed by atoms with Crippen LogP contribution in [0.4, 0.5) is 5.69 Å². The molecule has 19 heavy (non-hydrogen) atoms. The van der Waals surface area contributed by atoms with Gasteiger partial charge in [0.15, 0.2) is 0 Å². The predicted molar refractivity (Wildman–Crippen MR) is 85.1 cm³/mol. The quantitative estimate of drug-likeness (QED) is 0.848. The van der Waals surface area contributed by atoms with Crippen LogP contribution in [-0.4, -0.2) is 35.8 Å². The van der Waals surface area contributed by atoms with E-state index in [0.29, 0.717) is 5.75 Å². The number of carbonyl (C=O) groups excluding carboxylic acids is 1. The number of hydrogen-bond donors (Lipinski definition) is 1. The van der Waals surface area contributed by atoms with Crippen molar-refractivity contribution in [2.45, 2.75) is 24.3 Å². The van der Waals surface area contributed by atoms with Crippen LogP contribution in [-0.2, 0) is 4.79 Å². The molecule has 1 unspecified atom stereocenters. The fraction of sp³-hybridized carbons (Fsp3) is 0.500. The lowest BCUT2D eigenvalue weighted by Crippen LogP contribution is -2.36. The van der Waals surface area contributed by atoms with E-state index >= 15 is 0 Å². The lowest BCUT2D eigenvalue weighted by molar-refractivity contribution is -0.116. The van der Waals surface area contributed by atoms with Gasteiger partial charge in [0.2, 0.25) is 5.91 Å². The summed E-state index contributed by atoms with van der Waals surface area (Å²) >= 11 is 3.50. The Balaban J connectivity index is 1.90. The second-order valence-corrected chi connectivity index (χ2v) is 6.92. The zero-order valence-electron chi connectivity index (χ0n) is 11.2. The number of thioether (sulfide) groups is 2. The van der Waals surface area contributed by atoms with E-state index in [2.05, 4.69) is 6.07 Å². The summed E-state index contributed by atoms with van der Waals surface area (Å²) in [6.45, 7) is 2.81. The van der Waals surface area contributed by atoms with Gasteiger partial charge in [-0.1, -0.05) is 12.1 Å². The van der Waals surface area contributed by atoms with E-state index in [9.17, 15) is 4.79 Å². The largest absolute Gasteiger partial charge is 0.328 e. The van der Waals surface area contributed by atoms with Crippen LogP contribution in [0.1, 0.15) is 13.3 Å². The summed E-state index contributed by atoms with van der Waals surface area (Å²) in [6, 6.07) is 8.36. The van der Waals surface area contributed by atoms with Gasteiger partial charge in [0.25, 0.3) is 0 Å². The number of nitrogens with zero attached hydrogens (tertiary/aromatic N) is 1. The molecule has 1 atom stereocenters. The molecule has 0 bridgehead atoms. The zero-order chi connectivity index (χ0) is 13.7. The molecular weight excluding hydrogens is 276 g/mol. The van der Waals surface area contributed by atoms with Gasteiger partial charge in [0, 0.05) is 23.2 Å². The first-order valence-corrected chi connectivity index (χ1v) is 8.68. The molecule has 1 aromatic carbocycles. The molecule has 0 aliphatic carbocycles. The van der Waals surface area contributed by atoms with Gasteiger partial charge in [-0.05, 0) is 31.2 Å². The number of para-hydroxylation sites is 1. The van der Waals surface area contributed by atoms with Gasteiger partial charge >= 0.3 is 0 Å². The zero-order valence-corrected chi connectivity index (χ0v) is 12.8. The molecule has 0 fully saturated rings. The molecule has 1 aliphatic heterocycles. The molecule has 0 aromatic heterocycles. The average molecular weight is 296 g/mol. The van der Waals surface area contributed by atoms with Crippen molar-refractivity contribution in [3.05, 3.63) is 24.3 Å². The second kappa shape index (κ2) is 7.22. The van der Waals surface area contributed by atoms with Gasteiger partial charge in [-0.15, -0.1) is 11.8 Å². The SMILES string of the molecule is CC(N)CCSCC(=O)N1CCSc2ccccc21. The Morgan fingerprint density at radius 2 is 2.32 bits per heavy atom. The Bertz CT molecular complexity index is 437. The second-order valence-electron chi connectivity index (χ2n) is 4.68. The maximum atomic E-state index is 12.3. The lowest BCUT2D eigenvalue weighted by Gasteiger charge is -2.28. The molecule has 0 radical (unpaired) electrons. The topological polar surface area (TPSA) is 46.3 Å². The molecule has 2 N–H and O–H groups in total. The van der Waals surface area contributed by atoms with Gasteiger partial charge in [0.05, 0.1) is 11.4 Å². The van der Waals surface area contributed by atoms with Crippen LogP contribution in [0.15, 0.2) is 29.2 Å². The Morgan fingerprint density at radius 3 is 3.11 bits per heavy atom. The Hall–Kier alpha value is -0.650. The summed E-state index contributed by atoms with van der Waals surface area (Å²) in [5.41, 5.74) is 6.77. The van der Waals surface area contributed by atoms with Crippen LogP contribution >= 0.6 is 23.5 Å². The average Bonchev–Trinajstić information content (AvgIpc) is 2.42. The van der Waals surface area contributed by atoms with Crippen molar-refractivity contribution in [2.24, 2.45) is 5.73 Å². The van der Waals surface area contributed by atoms with E-state index in [-0.39, 0.29) is 11.9 Å². The van der Waals surface area contributed by atoms with Crippen LogP contribution < -0.4 is 10.6 Å². The third-order valence-electron chi connectivity index (χ3n) is 2.97. The summed E-state index contributed by atoms with van der Waals surface area (Å²) < 4.78 is 0. The molecule has 104 valence electrons. The minimum absolute atomic E-state index is 0.211. The number of amides is 1. The normalized spacial score (nSPS) is 16.0. The van der Waals surface area contributed by atoms with Gasteiger partial charge < -0.3 is 10.6 Å². The summed E-state index contributed by atoms with van der Waals surface area (Å²) in [5, 5.41) is 0. The summed E-state index contributed by atoms with van der Waals surface area (Å²) in [4.78, 5) is 15.4. The Labute approximate surface area is 123 Å². The number of hydrogen-bond acceptors (Lipinski definition) is 4. The van der Waals surface area contributed by atoms with Crippen molar-refractivity contribution in [3.8, 4) is 0 Å². The van der Waals surface area contributed by atoms with Gasteiger partial charge in [-0.2, -0.15) is 11.8 Å². The van der Waals surface area contributed by atoms with Crippen molar-refractivity contribution in [2.75, 3.05) is 28.7 Å². The number of carbonyl (C=O) groups is 1. The third kappa shape index (κ3) is 4.16. The summed E-state index contributed by atoms with van der Waals surface area (Å²) in [5.74, 6) is 2.69. The van der Waals surface area contributed by atoms with Crippen LogP contribution in [0.5, 0.6) is 0 Å². The number of anilines is 1. The molecular formula is C14H20N2OS2. The van der Waals surface area contributed by atoms with Crippen molar-refractivity contribution in [3.63, 3.8) is 0 Å². The molecule has 2 rings (SSSR count). The van der Waals surface area contributed by atoms with Crippen LogP contribution in [0.2, 0.25) is 0 Å². The lowest BCUT2D eigenvalue weighted by atomic mass is 10.3. The van der Waals surface area contributed by atoms with Crippen molar-refractivity contribution in [1.29, 1.82) is 0 Å². The Kier molecular flexibility index (Phi) is 5.60. The van der Waals surface area contributed by atoms with E-state index in [4.69, 9.17) is 5.73 Å². The Morgan fingerprint density at radius 1 is 1.53 bits per heavy atom. The first-order valence-electron chi connectivity index (χ1n) is 6.54. The van der Waals surface area contributed by atoms with E-state index < -0.39 is 0 Å². The van der Waals surface area contributed by atoms with E-state index in [1.54, 1.807) is 11.8 Å². The third-order valence-corrected chi connectivity index (χ3v) is 4.99. The number of rotatable bonds is 5. The number of fused-ring (bicyclic) bond motifs is 1. The van der Waals surface area contributed by atoms with Crippen LogP contribution in [0.3, 0.4) is 0 Å². The molecule has 1 aromatic rings. The molecule has 1 heterocycles. The standard InChI is InChI=1S/C14H20N2OS2/c1-11(15)6-8-18-10-14(17)16-7-9-19-13-5-3-2-4-12(13)16/h2-5,11H,6-10,15H2,1H3. The van der Waals surface area contributed by atoms with Gasteiger partial charge in [-0.3, -0.25) is 4.79 Å². The van der Waals surface area contributed by atoms with Crippen LogP contribution in [0, 0.1) is 0 Å². The minimum Gasteiger partial charge on any atom is -0.328 e. The highest BCUT2D eigenvalue weighted by atomic mass is 32.2. The molecule has 0 saturated heterocycles. The summed E-state index contributed by atoms with van der Waals surface area (Å²) in [7, 11) is 0. The molecule has 3 nitrogen and oxygen atoms in total. The number of nitrogens with two attached hydrogens (primary N) is 1. The highest BCUT2D eigenvalue weighted by Crippen LogP contribution is 2.34. The van der Waals surface area contributed by atoms with Gasteiger partial charge in [-0.25, -0.2) is 0 Å². The molecule has 5 heteroatoms. The minimum atomic E-state index is 0.211. The number of benzene rings is 1. The highest BCUT2D eigenvalue weighted by molar-refractivity contribution is 8.00. The van der Waals surface area contributed by atoms with E-state index in [0.717, 1.165) is 30.2 Å². The molecule has 1 aliphatic rings. The summed E-state index contributed by atoms with van der Waals surface area (Å²) in [6.07, 6.45) is 0.963. The van der Waals surface area contributed by atoms with E-state index in [1.807, 2.05) is 41.8 Å². The fourth-order valence-electron chi connectivity index (χ4n) is 1.94. The monoisotopic (exact) mass is 296 g/mol. The highest BCUT2D eigenvalue weighted by Gasteiger charge is 2.22. The van der Waals surface area contributed by atoms with Crippen molar-refractivity contribution >= 4 is 35.1 Å². The fourth-order valence-corrected chi connectivity index (χ4v) is 3.94. The first kappa shape index (κ1) is 14.8.